The highest BCUT2D eigenvalue weighted by atomic mass is 16.2. The smallest absolute Gasteiger partial charge is 0.240 e. The molecule has 0 heterocycles. The fourth-order valence-electron chi connectivity index (χ4n) is 2.34. The van der Waals surface area contributed by atoms with Crippen LogP contribution < -0.4 is 5.43 Å². The van der Waals surface area contributed by atoms with Gasteiger partial charge in [0.15, 0.2) is 0 Å². The van der Waals surface area contributed by atoms with Crippen molar-refractivity contribution in [1.29, 1.82) is 0 Å². The Bertz CT molecular complexity index is 503. The minimum Gasteiger partial charge on any atom is -0.273 e. The largest absolute Gasteiger partial charge is 0.273 e. The Balaban J connectivity index is 2.15. The molecule has 3 heteroatoms. The lowest BCUT2D eigenvalue weighted by Crippen LogP contribution is -2.18. The topological polar surface area (TPSA) is 41.5 Å². The summed E-state index contributed by atoms with van der Waals surface area (Å²) in [5, 5.41) is 4.18. The summed E-state index contributed by atoms with van der Waals surface area (Å²) in [6, 6.07) is 8.13. The van der Waals surface area contributed by atoms with Gasteiger partial charge in [-0.05, 0) is 38.7 Å². The van der Waals surface area contributed by atoms with Crippen molar-refractivity contribution in [2.75, 3.05) is 0 Å². The van der Waals surface area contributed by atoms with Crippen LogP contribution in [-0.2, 0) is 4.79 Å². The maximum absolute atomic E-state index is 11.8. The van der Waals surface area contributed by atoms with Crippen molar-refractivity contribution in [3.8, 4) is 0 Å². The Labute approximate surface area is 140 Å². The molecule has 0 atom stereocenters. The highest BCUT2D eigenvalue weighted by Crippen LogP contribution is 2.09. The number of hydrogen-bond donors (Lipinski definition) is 1. The molecule has 0 aliphatic carbocycles. The van der Waals surface area contributed by atoms with Crippen molar-refractivity contribution in [2.24, 2.45) is 5.10 Å². The third-order valence-electron chi connectivity index (χ3n) is 3.88. The molecule has 0 aromatic heterocycles. The van der Waals surface area contributed by atoms with Gasteiger partial charge in [-0.1, -0.05) is 61.6 Å². The molecule has 23 heavy (non-hydrogen) atoms. The van der Waals surface area contributed by atoms with Gasteiger partial charge in [0.05, 0.1) is 5.71 Å². The number of aryl methyl sites for hydroxylation is 1. The van der Waals surface area contributed by atoms with Gasteiger partial charge in [-0.3, -0.25) is 4.79 Å². The van der Waals surface area contributed by atoms with E-state index in [-0.39, 0.29) is 5.91 Å². The maximum atomic E-state index is 11.8. The second-order valence-corrected chi connectivity index (χ2v) is 6.05. The number of benzene rings is 1. The molecule has 0 aliphatic heterocycles. The molecule has 1 aromatic carbocycles. The van der Waals surface area contributed by atoms with Gasteiger partial charge in [-0.2, -0.15) is 5.10 Å². The van der Waals surface area contributed by atoms with Crippen molar-refractivity contribution >= 4 is 11.6 Å². The van der Waals surface area contributed by atoms with Crippen molar-refractivity contribution < 1.29 is 4.79 Å². The zero-order valence-corrected chi connectivity index (χ0v) is 14.6. The average molecular weight is 314 g/mol. The highest BCUT2D eigenvalue weighted by molar-refractivity contribution is 5.99. The number of carbonyl (C=O) groups is 1. The van der Waals surface area contributed by atoms with Gasteiger partial charge in [0.2, 0.25) is 5.91 Å². The average Bonchev–Trinajstić information content (AvgIpc) is 2.55. The standard InChI is InChI=1S/C20H30N2O/c1-4-5-6-7-8-9-10-11-12-20(23)22-21-18(3)19-15-13-17(2)14-16-19/h4,13-16H,1,5-12H2,2-3H3,(H,22,23). The lowest BCUT2D eigenvalue weighted by atomic mass is 10.1. The molecule has 0 radical (unpaired) electrons. The molecule has 0 unspecified atom stereocenters. The van der Waals surface area contributed by atoms with E-state index in [1.54, 1.807) is 0 Å². The molecular weight excluding hydrogens is 284 g/mol. The summed E-state index contributed by atoms with van der Waals surface area (Å²) in [4.78, 5) is 11.8. The van der Waals surface area contributed by atoms with Gasteiger partial charge in [0, 0.05) is 6.42 Å². The first-order chi connectivity index (χ1) is 11.1. The van der Waals surface area contributed by atoms with Crippen LogP contribution in [0.3, 0.4) is 0 Å². The van der Waals surface area contributed by atoms with E-state index < -0.39 is 0 Å². The molecule has 3 nitrogen and oxygen atoms in total. The van der Waals surface area contributed by atoms with E-state index >= 15 is 0 Å². The van der Waals surface area contributed by atoms with E-state index in [0.717, 1.165) is 30.5 Å². The number of amides is 1. The van der Waals surface area contributed by atoms with Crippen LogP contribution in [0.1, 0.15) is 69.4 Å². The van der Waals surface area contributed by atoms with Crippen LogP contribution in [0.25, 0.3) is 0 Å². The van der Waals surface area contributed by atoms with E-state index in [0.29, 0.717) is 6.42 Å². The lowest BCUT2D eigenvalue weighted by Gasteiger charge is -2.04. The fourth-order valence-corrected chi connectivity index (χ4v) is 2.34. The van der Waals surface area contributed by atoms with Crippen molar-refractivity contribution in [2.45, 2.75) is 65.2 Å². The molecule has 1 N–H and O–H groups in total. The van der Waals surface area contributed by atoms with Crippen LogP contribution in [0.4, 0.5) is 0 Å². The van der Waals surface area contributed by atoms with Crippen LogP contribution in [0.2, 0.25) is 0 Å². The zero-order valence-electron chi connectivity index (χ0n) is 14.6. The second kappa shape index (κ2) is 11.6. The summed E-state index contributed by atoms with van der Waals surface area (Å²) in [5.41, 5.74) is 5.74. The molecule has 0 bridgehead atoms. The summed E-state index contributed by atoms with van der Waals surface area (Å²) >= 11 is 0. The molecule has 1 rings (SSSR count). The summed E-state index contributed by atoms with van der Waals surface area (Å²) < 4.78 is 0. The Hall–Kier alpha value is -1.90. The lowest BCUT2D eigenvalue weighted by molar-refractivity contribution is -0.121. The number of allylic oxidation sites excluding steroid dienone is 1. The molecule has 1 amide bonds. The zero-order chi connectivity index (χ0) is 16.9. The van der Waals surface area contributed by atoms with E-state index in [1.165, 1.54) is 31.2 Å². The molecule has 0 aliphatic rings. The Morgan fingerprint density at radius 1 is 1.09 bits per heavy atom. The second-order valence-electron chi connectivity index (χ2n) is 6.05. The number of rotatable bonds is 11. The SMILES string of the molecule is C=CCCCCCCCCC(=O)NN=C(C)c1ccc(C)cc1. The minimum absolute atomic E-state index is 0.00289. The quantitative estimate of drug-likeness (QED) is 0.261. The summed E-state index contributed by atoms with van der Waals surface area (Å²) in [6.07, 6.45) is 10.6. The van der Waals surface area contributed by atoms with Crippen LogP contribution >= 0.6 is 0 Å². The predicted octanol–water partition coefficient (Wildman–Crippen LogP) is 5.14. The third kappa shape index (κ3) is 8.97. The van der Waals surface area contributed by atoms with Crippen LogP contribution in [0, 0.1) is 6.92 Å². The molecule has 1 aromatic rings. The van der Waals surface area contributed by atoms with E-state index in [2.05, 4.69) is 24.0 Å². The van der Waals surface area contributed by atoms with Gasteiger partial charge in [-0.15, -0.1) is 6.58 Å². The van der Waals surface area contributed by atoms with Gasteiger partial charge < -0.3 is 0 Å². The first kappa shape index (κ1) is 19.1. The third-order valence-corrected chi connectivity index (χ3v) is 3.88. The Morgan fingerprint density at radius 3 is 2.35 bits per heavy atom. The minimum atomic E-state index is 0.00289. The van der Waals surface area contributed by atoms with Gasteiger partial charge >= 0.3 is 0 Å². The first-order valence-corrected chi connectivity index (χ1v) is 8.64. The Kier molecular flexibility index (Phi) is 9.69. The number of nitrogens with one attached hydrogen (secondary N) is 1. The van der Waals surface area contributed by atoms with Crippen LogP contribution in [-0.4, -0.2) is 11.6 Å². The predicted molar refractivity (Wildman–Crippen MR) is 98.7 cm³/mol. The number of hydrogen-bond acceptors (Lipinski definition) is 2. The molecule has 0 fully saturated rings. The number of carbonyl (C=O) groups excluding carboxylic acids is 1. The van der Waals surface area contributed by atoms with Gasteiger partial charge in [0.1, 0.15) is 0 Å². The van der Waals surface area contributed by atoms with Crippen LogP contribution in [0.5, 0.6) is 0 Å². The molecule has 126 valence electrons. The molecular formula is C20H30N2O. The monoisotopic (exact) mass is 314 g/mol. The number of hydrazone groups is 1. The van der Waals surface area contributed by atoms with Crippen LogP contribution in [0.15, 0.2) is 42.0 Å². The van der Waals surface area contributed by atoms with E-state index in [1.807, 2.05) is 37.3 Å². The van der Waals surface area contributed by atoms with Gasteiger partial charge in [-0.25, -0.2) is 5.43 Å². The molecule has 0 spiro atoms. The molecule has 0 saturated carbocycles. The fraction of sp³-hybridized carbons (Fsp3) is 0.500. The molecule has 0 saturated heterocycles. The summed E-state index contributed by atoms with van der Waals surface area (Å²) in [5.74, 6) is 0.00289. The van der Waals surface area contributed by atoms with Crippen molar-refractivity contribution in [3.63, 3.8) is 0 Å². The van der Waals surface area contributed by atoms with Gasteiger partial charge in [0.25, 0.3) is 0 Å². The maximum Gasteiger partial charge on any atom is 0.240 e. The highest BCUT2D eigenvalue weighted by Gasteiger charge is 2.01. The van der Waals surface area contributed by atoms with E-state index in [4.69, 9.17) is 0 Å². The Morgan fingerprint density at radius 2 is 1.70 bits per heavy atom. The first-order valence-electron chi connectivity index (χ1n) is 8.64. The summed E-state index contributed by atoms with van der Waals surface area (Å²) in [7, 11) is 0. The van der Waals surface area contributed by atoms with Crippen molar-refractivity contribution in [3.05, 3.63) is 48.0 Å². The van der Waals surface area contributed by atoms with Crippen molar-refractivity contribution in [1.82, 2.24) is 5.43 Å². The number of nitrogens with zero attached hydrogens (tertiary/aromatic N) is 1. The van der Waals surface area contributed by atoms with E-state index in [9.17, 15) is 4.79 Å². The normalized spacial score (nSPS) is 11.3. The number of unbranched alkanes of at least 4 members (excludes halogenated alkanes) is 6. The summed E-state index contributed by atoms with van der Waals surface area (Å²) in [6.45, 7) is 7.69.